The number of rotatable bonds is 2. The first kappa shape index (κ1) is 10.3. The Morgan fingerprint density at radius 3 is 2.87 bits per heavy atom. The van der Waals surface area contributed by atoms with E-state index in [1.54, 1.807) is 7.11 Å². The molecule has 1 N–H and O–H groups in total. The third-order valence-electron chi connectivity index (χ3n) is 2.62. The van der Waals surface area contributed by atoms with E-state index in [9.17, 15) is 4.79 Å². The predicted octanol–water partition coefficient (Wildman–Crippen LogP) is 1.95. The van der Waals surface area contributed by atoms with Gasteiger partial charge in [0.2, 0.25) is 5.91 Å². The van der Waals surface area contributed by atoms with E-state index in [2.05, 4.69) is 5.32 Å². The van der Waals surface area contributed by atoms with Crippen molar-refractivity contribution < 1.29 is 9.53 Å². The summed E-state index contributed by atoms with van der Waals surface area (Å²) in [6.07, 6.45) is 0.544. The fourth-order valence-corrected chi connectivity index (χ4v) is 2.04. The number of hydrogen-bond acceptors (Lipinski definition) is 2. The minimum Gasteiger partial charge on any atom is -0.495 e. The molecule has 15 heavy (non-hydrogen) atoms. The summed E-state index contributed by atoms with van der Waals surface area (Å²) in [5.41, 5.74) is 1.08. The first-order valence-corrected chi connectivity index (χ1v) is 5.18. The maximum Gasteiger partial charge on any atom is 0.220 e. The normalized spacial score (nSPS) is 20.1. The van der Waals surface area contributed by atoms with Gasteiger partial charge < -0.3 is 10.1 Å². The van der Waals surface area contributed by atoms with Gasteiger partial charge in [0.15, 0.2) is 0 Å². The van der Waals surface area contributed by atoms with Gasteiger partial charge in [-0.1, -0.05) is 17.7 Å². The van der Waals surface area contributed by atoms with Gasteiger partial charge in [-0.3, -0.25) is 4.79 Å². The Balaban J connectivity index is 2.22. The van der Waals surface area contributed by atoms with E-state index >= 15 is 0 Å². The quantitative estimate of drug-likeness (QED) is 0.836. The highest BCUT2D eigenvalue weighted by atomic mass is 35.5. The molecule has 1 amide bonds. The molecule has 1 fully saturated rings. The Bertz CT molecular complexity index is 392. The average Bonchev–Trinajstić information content (AvgIpc) is 2.65. The number of carbonyl (C=O) groups is 1. The second kappa shape index (κ2) is 4.11. The van der Waals surface area contributed by atoms with E-state index in [0.717, 1.165) is 5.56 Å². The molecule has 1 heterocycles. The number of carbonyl (C=O) groups excluding carboxylic acids is 1. The lowest BCUT2D eigenvalue weighted by Crippen LogP contribution is -2.13. The molecule has 1 aliphatic heterocycles. The van der Waals surface area contributed by atoms with Gasteiger partial charge in [-0.25, -0.2) is 0 Å². The van der Waals surface area contributed by atoms with E-state index in [0.29, 0.717) is 23.7 Å². The van der Waals surface area contributed by atoms with Crippen LogP contribution in [0.4, 0.5) is 0 Å². The number of nitrogens with one attached hydrogen (secondary N) is 1. The summed E-state index contributed by atoms with van der Waals surface area (Å²) < 4.78 is 5.07. The zero-order chi connectivity index (χ0) is 10.8. The second-order valence-electron chi connectivity index (χ2n) is 3.60. The fourth-order valence-electron chi connectivity index (χ4n) is 1.78. The average molecular weight is 226 g/mol. The van der Waals surface area contributed by atoms with Crippen LogP contribution in [0.15, 0.2) is 18.2 Å². The SMILES string of the molecule is COc1ccc(C2CNC(=O)C2)cc1Cl. The zero-order valence-electron chi connectivity index (χ0n) is 8.42. The molecule has 80 valence electrons. The molecule has 0 radical (unpaired) electrons. The van der Waals surface area contributed by atoms with Crippen LogP contribution in [0.5, 0.6) is 5.75 Å². The number of ether oxygens (including phenoxy) is 1. The monoisotopic (exact) mass is 225 g/mol. The Morgan fingerprint density at radius 2 is 2.33 bits per heavy atom. The van der Waals surface area contributed by atoms with E-state index < -0.39 is 0 Å². The van der Waals surface area contributed by atoms with Crippen molar-refractivity contribution >= 4 is 17.5 Å². The molecule has 0 aliphatic carbocycles. The Labute approximate surface area is 93.4 Å². The molecule has 3 nitrogen and oxygen atoms in total. The van der Waals surface area contributed by atoms with Gasteiger partial charge in [-0.15, -0.1) is 0 Å². The van der Waals surface area contributed by atoms with Crippen molar-refractivity contribution in [1.29, 1.82) is 0 Å². The van der Waals surface area contributed by atoms with Gasteiger partial charge in [-0.05, 0) is 17.7 Å². The van der Waals surface area contributed by atoms with Crippen LogP contribution in [0, 0.1) is 0 Å². The zero-order valence-corrected chi connectivity index (χ0v) is 9.17. The highest BCUT2D eigenvalue weighted by Crippen LogP contribution is 2.30. The van der Waals surface area contributed by atoms with Gasteiger partial charge in [0.1, 0.15) is 5.75 Å². The fraction of sp³-hybridized carbons (Fsp3) is 0.364. The first-order valence-electron chi connectivity index (χ1n) is 4.81. The van der Waals surface area contributed by atoms with Crippen molar-refractivity contribution in [2.45, 2.75) is 12.3 Å². The molecular weight excluding hydrogens is 214 g/mol. The number of hydrogen-bond donors (Lipinski definition) is 1. The Morgan fingerprint density at radius 1 is 1.53 bits per heavy atom. The summed E-state index contributed by atoms with van der Waals surface area (Å²) in [7, 11) is 1.58. The maximum atomic E-state index is 11.1. The van der Waals surface area contributed by atoms with Crippen LogP contribution in [0.25, 0.3) is 0 Å². The lowest BCUT2D eigenvalue weighted by atomic mass is 9.98. The molecule has 1 saturated heterocycles. The summed E-state index contributed by atoms with van der Waals surface area (Å²) in [6.45, 7) is 0.696. The number of methoxy groups -OCH3 is 1. The third-order valence-corrected chi connectivity index (χ3v) is 2.92. The Kier molecular flexibility index (Phi) is 2.82. The minimum absolute atomic E-state index is 0.104. The molecule has 1 aliphatic rings. The highest BCUT2D eigenvalue weighted by molar-refractivity contribution is 6.32. The van der Waals surface area contributed by atoms with E-state index in [4.69, 9.17) is 16.3 Å². The van der Waals surface area contributed by atoms with Crippen molar-refractivity contribution in [3.8, 4) is 5.75 Å². The van der Waals surface area contributed by atoms with Crippen LogP contribution >= 0.6 is 11.6 Å². The van der Waals surface area contributed by atoms with Crippen molar-refractivity contribution in [3.05, 3.63) is 28.8 Å². The topological polar surface area (TPSA) is 38.3 Å². The lowest BCUT2D eigenvalue weighted by Gasteiger charge is -2.10. The molecule has 0 saturated carbocycles. The minimum atomic E-state index is 0.104. The first-order chi connectivity index (χ1) is 7.20. The van der Waals surface area contributed by atoms with Crippen molar-refractivity contribution in [1.82, 2.24) is 5.32 Å². The van der Waals surface area contributed by atoms with E-state index in [-0.39, 0.29) is 11.8 Å². The number of benzene rings is 1. The maximum absolute atomic E-state index is 11.1. The molecular formula is C11H12ClNO2. The standard InChI is InChI=1S/C11H12ClNO2/c1-15-10-3-2-7(4-9(10)12)8-5-11(14)13-6-8/h2-4,8H,5-6H2,1H3,(H,13,14). The van der Waals surface area contributed by atoms with Crippen molar-refractivity contribution in [2.24, 2.45) is 0 Å². The van der Waals surface area contributed by atoms with Gasteiger partial charge in [0.25, 0.3) is 0 Å². The van der Waals surface area contributed by atoms with Crippen LogP contribution in [0.3, 0.4) is 0 Å². The molecule has 1 atom stereocenters. The third kappa shape index (κ3) is 2.07. The second-order valence-corrected chi connectivity index (χ2v) is 4.01. The summed E-state index contributed by atoms with van der Waals surface area (Å²) in [6, 6.07) is 5.65. The van der Waals surface area contributed by atoms with Gasteiger partial charge in [0.05, 0.1) is 12.1 Å². The lowest BCUT2D eigenvalue weighted by molar-refractivity contribution is -0.119. The summed E-state index contributed by atoms with van der Waals surface area (Å²) in [5.74, 6) is 1.01. The van der Waals surface area contributed by atoms with E-state index in [1.165, 1.54) is 0 Å². The van der Waals surface area contributed by atoms with Crippen LogP contribution in [-0.2, 0) is 4.79 Å². The van der Waals surface area contributed by atoms with Crippen LogP contribution in [-0.4, -0.2) is 19.6 Å². The molecule has 0 spiro atoms. The summed E-state index contributed by atoms with van der Waals surface area (Å²) in [4.78, 5) is 11.1. The number of halogens is 1. The number of amides is 1. The molecule has 4 heteroatoms. The van der Waals surface area contributed by atoms with Gasteiger partial charge in [0, 0.05) is 18.9 Å². The molecule has 1 aromatic carbocycles. The van der Waals surface area contributed by atoms with Crippen molar-refractivity contribution in [3.63, 3.8) is 0 Å². The van der Waals surface area contributed by atoms with Crippen LogP contribution in [0.1, 0.15) is 17.9 Å². The molecule has 0 bridgehead atoms. The molecule has 1 unspecified atom stereocenters. The molecule has 2 rings (SSSR count). The predicted molar refractivity (Wildman–Crippen MR) is 58.4 cm³/mol. The smallest absolute Gasteiger partial charge is 0.220 e. The summed E-state index contributed by atoms with van der Waals surface area (Å²) in [5, 5.41) is 3.39. The van der Waals surface area contributed by atoms with Crippen molar-refractivity contribution in [2.75, 3.05) is 13.7 Å². The molecule has 0 aromatic heterocycles. The highest BCUT2D eigenvalue weighted by Gasteiger charge is 2.23. The van der Waals surface area contributed by atoms with Gasteiger partial charge >= 0.3 is 0 Å². The van der Waals surface area contributed by atoms with Gasteiger partial charge in [-0.2, -0.15) is 0 Å². The van der Waals surface area contributed by atoms with Crippen LogP contribution < -0.4 is 10.1 Å². The largest absolute Gasteiger partial charge is 0.495 e. The van der Waals surface area contributed by atoms with Crippen LogP contribution in [0.2, 0.25) is 5.02 Å². The Hall–Kier alpha value is -1.22. The molecule has 1 aromatic rings. The van der Waals surface area contributed by atoms with E-state index in [1.807, 2.05) is 18.2 Å². The summed E-state index contributed by atoms with van der Waals surface area (Å²) >= 11 is 6.01.